The Bertz CT molecular complexity index is 1240. The highest BCUT2D eigenvalue weighted by Crippen LogP contribution is 2.24. The van der Waals surface area contributed by atoms with Crippen molar-refractivity contribution in [3.8, 4) is 11.4 Å². The molecule has 4 aromatic rings. The lowest BCUT2D eigenvalue weighted by Gasteiger charge is -2.13. The van der Waals surface area contributed by atoms with Gasteiger partial charge >= 0.3 is 0 Å². The first kappa shape index (κ1) is 22.0. The summed E-state index contributed by atoms with van der Waals surface area (Å²) in [6, 6.07) is 18.5. The van der Waals surface area contributed by atoms with Gasteiger partial charge in [0.05, 0.1) is 12.6 Å². The zero-order valence-electron chi connectivity index (χ0n) is 17.6. The van der Waals surface area contributed by atoms with E-state index in [0.29, 0.717) is 30.0 Å². The van der Waals surface area contributed by atoms with Gasteiger partial charge in [0.1, 0.15) is 5.69 Å². The normalized spacial score (nSPS) is 10.6. The largest absolute Gasteiger partial charge is 0.368 e. The van der Waals surface area contributed by atoms with Crippen LogP contribution in [0.15, 0.2) is 79.1 Å². The van der Waals surface area contributed by atoms with Crippen LogP contribution in [0.5, 0.6) is 0 Å². The van der Waals surface area contributed by atoms with Gasteiger partial charge in [-0.05, 0) is 35.9 Å². The number of benzene rings is 2. The van der Waals surface area contributed by atoms with Crippen LogP contribution in [0.4, 0.5) is 20.3 Å². The molecule has 2 N–H and O–H groups in total. The lowest BCUT2D eigenvalue weighted by molar-refractivity contribution is -0.115. The molecule has 2 aromatic carbocycles. The molecular formula is C25H21F2N5O. The summed E-state index contributed by atoms with van der Waals surface area (Å²) in [5.41, 5.74) is 2.49. The molecule has 0 saturated carbocycles. The molecule has 0 aliphatic rings. The fourth-order valence-electron chi connectivity index (χ4n) is 3.21. The van der Waals surface area contributed by atoms with Gasteiger partial charge < -0.3 is 10.6 Å². The smallest absolute Gasteiger partial charge is 0.228 e. The van der Waals surface area contributed by atoms with Crippen LogP contribution in [-0.2, 0) is 17.6 Å². The molecule has 0 spiro atoms. The zero-order chi connectivity index (χ0) is 23.0. The molecule has 33 heavy (non-hydrogen) atoms. The third-order valence-corrected chi connectivity index (χ3v) is 4.85. The number of aromatic nitrogens is 3. The number of nitrogens with one attached hydrogen (secondary N) is 2. The molecule has 0 aliphatic carbocycles. The molecular weight excluding hydrogens is 424 g/mol. The number of amides is 1. The molecule has 166 valence electrons. The second-order valence-corrected chi connectivity index (χ2v) is 7.29. The van der Waals surface area contributed by atoms with Crippen LogP contribution in [0.3, 0.4) is 0 Å². The first-order chi connectivity index (χ1) is 16.1. The fourth-order valence-corrected chi connectivity index (χ4v) is 3.21. The Kier molecular flexibility index (Phi) is 6.94. The SMILES string of the molecule is O=C(Cc1ccccc1)Nc1cnc(-c2ccc(F)c(F)c2)nc1NCCc1ccccn1. The van der Waals surface area contributed by atoms with Crippen LogP contribution in [0.1, 0.15) is 11.3 Å². The Morgan fingerprint density at radius 2 is 1.73 bits per heavy atom. The standard InChI is InChI=1S/C25H21F2N5O/c26-20-10-9-18(15-21(20)27)24-30-16-22(31-23(33)14-17-6-2-1-3-7-17)25(32-24)29-13-11-19-8-4-5-12-28-19/h1-10,12,15-16H,11,13-14H2,(H,31,33)(H,29,30,32). The van der Waals surface area contributed by atoms with Crippen LogP contribution in [0.25, 0.3) is 11.4 Å². The Labute approximate surface area is 189 Å². The Morgan fingerprint density at radius 3 is 2.48 bits per heavy atom. The second kappa shape index (κ2) is 10.4. The second-order valence-electron chi connectivity index (χ2n) is 7.29. The van der Waals surface area contributed by atoms with Crippen molar-refractivity contribution in [1.29, 1.82) is 0 Å². The Morgan fingerprint density at radius 1 is 0.909 bits per heavy atom. The number of rotatable bonds is 8. The van der Waals surface area contributed by atoms with E-state index in [9.17, 15) is 13.6 Å². The minimum Gasteiger partial charge on any atom is -0.368 e. The maximum atomic E-state index is 13.7. The van der Waals surface area contributed by atoms with Crippen LogP contribution in [0, 0.1) is 11.6 Å². The summed E-state index contributed by atoms with van der Waals surface area (Å²) in [4.78, 5) is 25.6. The summed E-state index contributed by atoms with van der Waals surface area (Å²) in [6.07, 6.45) is 3.99. The number of hydrogen-bond donors (Lipinski definition) is 2. The van der Waals surface area contributed by atoms with Crippen LogP contribution < -0.4 is 10.6 Å². The van der Waals surface area contributed by atoms with E-state index in [1.807, 2.05) is 48.5 Å². The number of carbonyl (C=O) groups is 1. The summed E-state index contributed by atoms with van der Waals surface area (Å²) >= 11 is 0. The van der Waals surface area contributed by atoms with E-state index in [2.05, 4.69) is 25.6 Å². The minimum atomic E-state index is -0.985. The van der Waals surface area contributed by atoms with Gasteiger partial charge in [0, 0.05) is 30.4 Å². The van der Waals surface area contributed by atoms with Gasteiger partial charge in [0.15, 0.2) is 23.3 Å². The molecule has 2 aromatic heterocycles. The number of pyridine rings is 1. The van der Waals surface area contributed by atoms with Crippen molar-refractivity contribution in [2.45, 2.75) is 12.8 Å². The summed E-state index contributed by atoms with van der Waals surface area (Å²) < 4.78 is 27.0. The lowest BCUT2D eigenvalue weighted by atomic mass is 10.1. The van der Waals surface area contributed by atoms with Gasteiger partial charge in [-0.2, -0.15) is 0 Å². The van der Waals surface area contributed by atoms with Crippen LogP contribution >= 0.6 is 0 Å². The Hall–Kier alpha value is -4.20. The number of halogens is 2. The summed E-state index contributed by atoms with van der Waals surface area (Å²) in [5.74, 6) is -1.58. The molecule has 6 nitrogen and oxygen atoms in total. The van der Waals surface area contributed by atoms with Gasteiger partial charge in [-0.15, -0.1) is 0 Å². The highest BCUT2D eigenvalue weighted by Gasteiger charge is 2.14. The maximum Gasteiger partial charge on any atom is 0.228 e. The molecule has 0 unspecified atom stereocenters. The van der Waals surface area contributed by atoms with Crippen molar-refractivity contribution in [3.63, 3.8) is 0 Å². The predicted octanol–water partition coefficient (Wildman–Crippen LogP) is 4.65. The molecule has 0 saturated heterocycles. The highest BCUT2D eigenvalue weighted by molar-refractivity contribution is 5.94. The number of anilines is 2. The summed E-state index contributed by atoms with van der Waals surface area (Å²) in [7, 11) is 0. The lowest BCUT2D eigenvalue weighted by Crippen LogP contribution is -2.17. The molecule has 8 heteroatoms. The Balaban J connectivity index is 1.55. The molecule has 4 rings (SSSR count). The number of carbonyl (C=O) groups excluding carboxylic acids is 1. The summed E-state index contributed by atoms with van der Waals surface area (Å²) in [6.45, 7) is 0.493. The van der Waals surface area contributed by atoms with E-state index in [4.69, 9.17) is 0 Å². The molecule has 0 fully saturated rings. The molecule has 0 atom stereocenters. The number of nitrogens with zero attached hydrogens (tertiary/aromatic N) is 3. The minimum absolute atomic E-state index is 0.194. The van der Waals surface area contributed by atoms with Gasteiger partial charge in [0.2, 0.25) is 5.91 Å². The number of hydrogen-bond acceptors (Lipinski definition) is 5. The fraction of sp³-hybridized carbons (Fsp3) is 0.120. The van der Waals surface area contributed by atoms with Crippen molar-refractivity contribution >= 4 is 17.4 Å². The van der Waals surface area contributed by atoms with Crippen LogP contribution in [0.2, 0.25) is 0 Å². The zero-order valence-corrected chi connectivity index (χ0v) is 17.6. The van der Waals surface area contributed by atoms with Crippen molar-refractivity contribution in [2.24, 2.45) is 0 Å². The van der Waals surface area contributed by atoms with E-state index in [1.165, 1.54) is 12.3 Å². The van der Waals surface area contributed by atoms with Crippen LogP contribution in [-0.4, -0.2) is 27.4 Å². The summed E-state index contributed by atoms with van der Waals surface area (Å²) in [5, 5.41) is 6.02. The van der Waals surface area contributed by atoms with E-state index in [0.717, 1.165) is 23.4 Å². The van der Waals surface area contributed by atoms with Crippen molar-refractivity contribution in [1.82, 2.24) is 15.0 Å². The van der Waals surface area contributed by atoms with E-state index >= 15 is 0 Å². The van der Waals surface area contributed by atoms with Gasteiger partial charge in [-0.25, -0.2) is 18.7 Å². The highest BCUT2D eigenvalue weighted by atomic mass is 19.2. The van der Waals surface area contributed by atoms with Crippen molar-refractivity contribution < 1.29 is 13.6 Å². The van der Waals surface area contributed by atoms with Crippen molar-refractivity contribution in [3.05, 3.63) is 102 Å². The quantitative estimate of drug-likeness (QED) is 0.413. The topological polar surface area (TPSA) is 79.8 Å². The molecule has 2 heterocycles. The van der Waals surface area contributed by atoms with E-state index in [1.54, 1.807) is 6.20 Å². The monoisotopic (exact) mass is 445 g/mol. The maximum absolute atomic E-state index is 13.7. The van der Waals surface area contributed by atoms with Gasteiger partial charge in [-0.1, -0.05) is 36.4 Å². The van der Waals surface area contributed by atoms with Gasteiger partial charge in [-0.3, -0.25) is 9.78 Å². The molecule has 0 radical (unpaired) electrons. The third-order valence-electron chi connectivity index (χ3n) is 4.85. The molecule has 0 bridgehead atoms. The average molecular weight is 445 g/mol. The average Bonchev–Trinajstić information content (AvgIpc) is 2.83. The van der Waals surface area contributed by atoms with Crippen molar-refractivity contribution in [2.75, 3.05) is 17.2 Å². The molecule has 1 amide bonds. The first-order valence-electron chi connectivity index (χ1n) is 10.4. The molecule has 0 aliphatic heterocycles. The third kappa shape index (κ3) is 5.94. The first-order valence-corrected chi connectivity index (χ1v) is 10.4. The van der Waals surface area contributed by atoms with E-state index < -0.39 is 11.6 Å². The van der Waals surface area contributed by atoms with Gasteiger partial charge in [0.25, 0.3) is 0 Å². The van der Waals surface area contributed by atoms with E-state index in [-0.39, 0.29) is 18.2 Å². The predicted molar refractivity (Wildman–Crippen MR) is 123 cm³/mol.